The summed E-state index contributed by atoms with van der Waals surface area (Å²) in [6.07, 6.45) is 2.38. The van der Waals surface area contributed by atoms with Crippen LogP contribution in [0.2, 0.25) is 0 Å². The number of furan rings is 1. The molecule has 9 heteroatoms. The summed E-state index contributed by atoms with van der Waals surface area (Å²) in [6, 6.07) is 10.7. The highest BCUT2D eigenvalue weighted by Gasteiger charge is 2.21. The first-order valence-electron chi connectivity index (χ1n) is 10.5. The first-order chi connectivity index (χ1) is 15.0. The standard InChI is InChI=1S/C22H29N5O4/c1-2-17-6-3-4-8-19(17)24-20(28)15-26-9-11-27(12-10-26)16-21(29)25-22(30)23-14-18-7-5-13-31-18/h3-8,13H,2,9-12,14-16H2,1H3,(H,24,28)(H2,23,25,29,30). The van der Waals surface area contributed by atoms with Crippen LogP contribution in [0.15, 0.2) is 47.1 Å². The molecule has 1 aliphatic rings. The number of benzene rings is 1. The van der Waals surface area contributed by atoms with Crippen molar-refractivity contribution >= 4 is 23.5 Å². The van der Waals surface area contributed by atoms with Gasteiger partial charge in [0.1, 0.15) is 5.76 Å². The Morgan fingerprint density at radius 2 is 1.61 bits per heavy atom. The first-order valence-corrected chi connectivity index (χ1v) is 10.5. The van der Waals surface area contributed by atoms with Crippen LogP contribution in [0.3, 0.4) is 0 Å². The van der Waals surface area contributed by atoms with Gasteiger partial charge in [-0.3, -0.25) is 24.7 Å². The Bertz CT molecular complexity index is 876. The number of carbonyl (C=O) groups is 3. The van der Waals surface area contributed by atoms with Gasteiger partial charge in [-0.2, -0.15) is 0 Å². The van der Waals surface area contributed by atoms with Crippen LogP contribution in [0.1, 0.15) is 18.2 Å². The fourth-order valence-electron chi connectivity index (χ4n) is 3.44. The zero-order valence-electron chi connectivity index (χ0n) is 17.7. The number of nitrogens with one attached hydrogen (secondary N) is 3. The molecule has 1 aromatic carbocycles. The molecular formula is C22H29N5O4. The molecule has 31 heavy (non-hydrogen) atoms. The molecule has 0 spiro atoms. The summed E-state index contributed by atoms with van der Waals surface area (Å²) in [5.41, 5.74) is 1.97. The van der Waals surface area contributed by atoms with Gasteiger partial charge in [0.05, 0.1) is 25.9 Å². The molecule has 1 fully saturated rings. The van der Waals surface area contributed by atoms with Crippen molar-refractivity contribution in [3.8, 4) is 0 Å². The lowest BCUT2D eigenvalue weighted by Crippen LogP contribution is -2.52. The van der Waals surface area contributed by atoms with E-state index in [0.29, 0.717) is 38.5 Å². The highest BCUT2D eigenvalue weighted by Crippen LogP contribution is 2.15. The van der Waals surface area contributed by atoms with E-state index in [-0.39, 0.29) is 24.9 Å². The summed E-state index contributed by atoms with van der Waals surface area (Å²) in [5.74, 6) is 0.209. The van der Waals surface area contributed by atoms with Crippen LogP contribution in [0.4, 0.5) is 10.5 Å². The summed E-state index contributed by atoms with van der Waals surface area (Å²) < 4.78 is 5.12. The molecule has 0 bridgehead atoms. The summed E-state index contributed by atoms with van der Waals surface area (Å²) in [5, 5.41) is 7.88. The minimum atomic E-state index is -0.552. The van der Waals surface area contributed by atoms with Crippen molar-refractivity contribution in [1.29, 1.82) is 0 Å². The van der Waals surface area contributed by atoms with Crippen LogP contribution in [0, 0.1) is 0 Å². The number of aryl methyl sites for hydroxylation is 1. The lowest BCUT2D eigenvalue weighted by Gasteiger charge is -2.33. The van der Waals surface area contributed by atoms with Crippen LogP contribution in [-0.2, 0) is 22.6 Å². The van der Waals surface area contributed by atoms with E-state index in [1.807, 2.05) is 29.2 Å². The van der Waals surface area contributed by atoms with Crippen LogP contribution in [0.25, 0.3) is 0 Å². The quantitative estimate of drug-likeness (QED) is 0.588. The average molecular weight is 428 g/mol. The van der Waals surface area contributed by atoms with Gasteiger partial charge in [-0.05, 0) is 30.2 Å². The SMILES string of the molecule is CCc1ccccc1NC(=O)CN1CCN(CC(=O)NC(=O)NCc2ccco2)CC1. The van der Waals surface area contributed by atoms with Crippen molar-refractivity contribution in [2.45, 2.75) is 19.9 Å². The lowest BCUT2D eigenvalue weighted by atomic mass is 10.1. The maximum Gasteiger partial charge on any atom is 0.321 e. The molecule has 1 aromatic heterocycles. The number of rotatable bonds is 8. The molecule has 0 aliphatic carbocycles. The molecule has 0 unspecified atom stereocenters. The molecule has 0 saturated carbocycles. The smallest absolute Gasteiger partial charge is 0.321 e. The third-order valence-electron chi connectivity index (χ3n) is 5.13. The monoisotopic (exact) mass is 427 g/mol. The number of urea groups is 1. The molecular weight excluding hydrogens is 398 g/mol. The largest absolute Gasteiger partial charge is 0.467 e. The Labute approximate surface area is 181 Å². The highest BCUT2D eigenvalue weighted by atomic mass is 16.3. The van der Waals surface area contributed by atoms with Gasteiger partial charge in [-0.1, -0.05) is 25.1 Å². The van der Waals surface area contributed by atoms with E-state index < -0.39 is 6.03 Å². The van der Waals surface area contributed by atoms with Crippen LogP contribution >= 0.6 is 0 Å². The number of para-hydroxylation sites is 1. The third kappa shape index (κ3) is 7.23. The number of nitrogens with zero attached hydrogens (tertiary/aromatic N) is 2. The van der Waals surface area contributed by atoms with E-state index in [9.17, 15) is 14.4 Å². The fourth-order valence-corrected chi connectivity index (χ4v) is 3.44. The number of anilines is 1. The van der Waals surface area contributed by atoms with Crippen molar-refractivity contribution in [2.75, 3.05) is 44.6 Å². The number of carbonyl (C=O) groups excluding carboxylic acids is 3. The van der Waals surface area contributed by atoms with Gasteiger partial charge in [0.25, 0.3) is 0 Å². The molecule has 2 heterocycles. The second-order valence-electron chi connectivity index (χ2n) is 7.42. The van der Waals surface area contributed by atoms with Crippen LogP contribution in [-0.4, -0.2) is 66.9 Å². The minimum absolute atomic E-state index is 0.0414. The van der Waals surface area contributed by atoms with E-state index in [1.165, 1.54) is 6.26 Å². The molecule has 2 aromatic rings. The number of amides is 4. The van der Waals surface area contributed by atoms with Crippen LogP contribution in [0.5, 0.6) is 0 Å². The molecule has 0 atom stereocenters. The Kier molecular flexibility index (Phi) is 8.19. The maximum absolute atomic E-state index is 12.4. The summed E-state index contributed by atoms with van der Waals surface area (Å²) in [6.45, 7) is 5.40. The second kappa shape index (κ2) is 11.3. The van der Waals surface area contributed by atoms with E-state index in [0.717, 1.165) is 17.7 Å². The van der Waals surface area contributed by atoms with Crippen LogP contribution < -0.4 is 16.0 Å². The fraction of sp³-hybridized carbons (Fsp3) is 0.409. The van der Waals surface area contributed by atoms with E-state index >= 15 is 0 Å². The molecule has 4 amide bonds. The lowest BCUT2D eigenvalue weighted by molar-refractivity contribution is -0.122. The van der Waals surface area contributed by atoms with E-state index in [2.05, 4.69) is 27.8 Å². The molecule has 166 valence electrons. The Hall–Kier alpha value is -3.17. The average Bonchev–Trinajstić information content (AvgIpc) is 3.28. The number of imide groups is 1. The van der Waals surface area contributed by atoms with Crippen molar-refractivity contribution in [1.82, 2.24) is 20.4 Å². The molecule has 9 nitrogen and oxygen atoms in total. The van der Waals surface area contributed by atoms with Crippen molar-refractivity contribution < 1.29 is 18.8 Å². The predicted octanol–water partition coefficient (Wildman–Crippen LogP) is 1.42. The number of hydrogen-bond acceptors (Lipinski definition) is 6. The Balaban J connectivity index is 1.34. The van der Waals surface area contributed by atoms with E-state index in [4.69, 9.17) is 4.42 Å². The summed E-state index contributed by atoms with van der Waals surface area (Å²) in [7, 11) is 0. The summed E-state index contributed by atoms with van der Waals surface area (Å²) in [4.78, 5) is 40.3. The molecule has 0 radical (unpaired) electrons. The van der Waals surface area contributed by atoms with Gasteiger partial charge in [-0.25, -0.2) is 4.79 Å². The normalized spacial score (nSPS) is 14.7. The van der Waals surface area contributed by atoms with Crippen molar-refractivity contribution in [3.63, 3.8) is 0 Å². The van der Waals surface area contributed by atoms with Gasteiger partial charge in [0.2, 0.25) is 11.8 Å². The minimum Gasteiger partial charge on any atom is -0.467 e. The van der Waals surface area contributed by atoms with Gasteiger partial charge in [-0.15, -0.1) is 0 Å². The second-order valence-corrected chi connectivity index (χ2v) is 7.42. The molecule has 3 N–H and O–H groups in total. The highest BCUT2D eigenvalue weighted by molar-refractivity contribution is 5.95. The zero-order valence-corrected chi connectivity index (χ0v) is 17.7. The maximum atomic E-state index is 12.4. The Morgan fingerprint density at radius 1 is 0.935 bits per heavy atom. The zero-order chi connectivity index (χ0) is 22.1. The van der Waals surface area contributed by atoms with Crippen molar-refractivity contribution in [2.24, 2.45) is 0 Å². The third-order valence-corrected chi connectivity index (χ3v) is 5.13. The topological polar surface area (TPSA) is 107 Å². The Morgan fingerprint density at radius 3 is 2.26 bits per heavy atom. The van der Waals surface area contributed by atoms with Crippen molar-refractivity contribution in [3.05, 3.63) is 54.0 Å². The number of hydrogen-bond donors (Lipinski definition) is 3. The van der Waals surface area contributed by atoms with Gasteiger partial charge in [0.15, 0.2) is 0 Å². The molecule has 3 rings (SSSR count). The molecule has 1 aliphatic heterocycles. The predicted molar refractivity (Wildman–Crippen MR) is 116 cm³/mol. The van der Waals surface area contributed by atoms with Gasteiger partial charge in [0, 0.05) is 31.9 Å². The first kappa shape index (κ1) is 22.5. The van der Waals surface area contributed by atoms with Gasteiger partial charge >= 0.3 is 6.03 Å². The van der Waals surface area contributed by atoms with E-state index in [1.54, 1.807) is 12.1 Å². The summed E-state index contributed by atoms with van der Waals surface area (Å²) >= 11 is 0. The van der Waals surface area contributed by atoms with Gasteiger partial charge < -0.3 is 15.1 Å². The number of piperazine rings is 1. The molecule has 1 saturated heterocycles.